The summed E-state index contributed by atoms with van der Waals surface area (Å²) >= 11 is 0. The molecular weight excluding hydrogens is 154 g/mol. The van der Waals surface area contributed by atoms with E-state index in [0.29, 0.717) is 11.0 Å². The largest absolute Gasteiger partial charge is 0.378 e. The first kappa shape index (κ1) is 7.16. The van der Waals surface area contributed by atoms with E-state index in [1.807, 2.05) is 19.1 Å². The molecule has 0 bridgehead atoms. The van der Waals surface area contributed by atoms with Gasteiger partial charge in [0.25, 0.3) is 5.56 Å². The predicted octanol–water partition coefficient (Wildman–Crippen LogP) is 1.68. The van der Waals surface area contributed by atoms with Gasteiger partial charge in [-0.15, -0.1) is 0 Å². The molecule has 0 spiro atoms. The SMILES string of the molecule is CCc1cccc2o[nH]c(=O)c12. The fourth-order valence-corrected chi connectivity index (χ4v) is 1.37. The molecule has 3 nitrogen and oxygen atoms in total. The van der Waals surface area contributed by atoms with Crippen LogP contribution in [0.25, 0.3) is 11.0 Å². The molecule has 0 amide bonds. The summed E-state index contributed by atoms with van der Waals surface area (Å²) in [5, 5.41) is 3.00. The average Bonchev–Trinajstić information content (AvgIpc) is 2.48. The zero-order chi connectivity index (χ0) is 8.55. The molecule has 62 valence electrons. The quantitative estimate of drug-likeness (QED) is 0.695. The van der Waals surface area contributed by atoms with Gasteiger partial charge in [0, 0.05) is 0 Å². The number of fused-ring (bicyclic) bond motifs is 1. The van der Waals surface area contributed by atoms with Gasteiger partial charge >= 0.3 is 0 Å². The van der Waals surface area contributed by atoms with E-state index in [-0.39, 0.29) is 5.56 Å². The van der Waals surface area contributed by atoms with Crippen LogP contribution in [0.3, 0.4) is 0 Å². The van der Waals surface area contributed by atoms with Gasteiger partial charge in [0.05, 0.1) is 5.39 Å². The minimum Gasteiger partial charge on any atom is -0.378 e. The first-order valence-corrected chi connectivity index (χ1v) is 3.92. The third-order valence-electron chi connectivity index (χ3n) is 1.97. The van der Waals surface area contributed by atoms with Crippen molar-refractivity contribution in [2.24, 2.45) is 0 Å². The van der Waals surface area contributed by atoms with Gasteiger partial charge in [-0.05, 0) is 18.1 Å². The summed E-state index contributed by atoms with van der Waals surface area (Å²) < 4.78 is 4.95. The van der Waals surface area contributed by atoms with Gasteiger partial charge in [-0.3, -0.25) is 4.79 Å². The highest BCUT2D eigenvalue weighted by Crippen LogP contribution is 2.14. The zero-order valence-corrected chi connectivity index (χ0v) is 6.76. The van der Waals surface area contributed by atoms with Gasteiger partial charge in [0.15, 0.2) is 5.58 Å². The normalized spacial score (nSPS) is 10.8. The number of nitrogens with one attached hydrogen (secondary N) is 1. The monoisotopic (exact) mass is 163 g/mol. The topological polar surface area (TPSA) is 46.0 Å². The van der Waals surface area contributed by atoms with Crippen LogP contribution in [0.1, 0.15) is 12.5 Å². The maximum Gasteiger partial charge on any atom is 0.288 e. The molecule has 0 saturated carbocycles. The lowest BCUT2D eigenvalue weighted by molar-refractivity contribution is 0.449. The van der Waals surface area contributed by atoms with Crippen molar-refractivity contribution in [3.8, 4) is 0 Å². The summed E-state index contributed by atoms with van der Waals surface area (Å²) in [6, 6.07) is 5.61. The van der Waals surface area contributed by atoms with Gasteiger partial charge in [-0.25, -0.2) is 0 Å². The number of benzene rings is 1. The van der Waals surface area contributed by atoms with Crippen LogP contribution in [0, 0.1) is 0 Å². The Balaban J connectivity index is 2.93. The lowest BCUT2D eigenvalue weighted by atomic mass is 10.1. The predicted molar refractivity (Wildman–Crippen MR) is 46.2 cm³/mol. The van der Waals surface area contributed by atoms with Crippen LogP contribution in [-0.4, -0.2) is 5.16 Å². The maximum atomic E-state index is 11.2. The van der Waals surface area contributed by atoms with Crippen LogP contribution in [0.2, 0.25) is 0 Å². The van der Waals surface area contributed by atoms with Crippen LogP contribution in [0.4, 0.5) is 0 Å². The van der Waals surface area contributed by atoms with Crippen LogP contribution in [0.15, 0.2) is 27.5 Å². The molecule has 0 radical (unpaired) electrons. The van der Waals surface area contributed by atoms with Crippen LogP contribution >= 0.6 is 0 Å². The highest BCUT2D eigenvalue weighted by molar-refractivity contribution is 5.79. The van der Waals surface area contributed by atoms with Crippen LogP contribution in [0.5, 0.6) is 0 Å². The highest BCUT2D eigenvalue weighted by atomic mass is 16.5. The van der Waals surface area contributed by atoms with Crippen molar-refractivity contribution in [1.82, 2.24) is 5.16 Å². The lowest BCUT2D eigenvalue weighted by Crippen LogP contribution is -1.99. The molecule has 0 saturated heterocycles. The Bertz CT molecular complexity index is 453. The Morgan fingerprint density at radius 2 is 2.33 bits per heavy atom. The third-order valence-corrected chi connectivity index (χ3v) is 1.97. The zero-order valence-electron chi connectivity index (χ0n) is 6.76. The molecule has 0 fully saturated rings. The fraction of sp³-hybridized carbons (Fsp3) is 0.222. The Labute approximate surface area is 69.0 Å². The summed E-state index contributed by atoms with van der Waals surface area (Å²) in [6.07, 6.45) is 0.847. The Kier molecular flexibility index (Phi) is 1.50. The van der Waals surface area contributed by atoms with Gasteiger partial charge < -0.3 is 4.52 Å². The number of aromatic nitrogens is 1. The molecule has 0 atom stereocenters. The molecule has 0 aliphatic carbocycles. The summed E-state index contributed by atoms with van der Waals surface area (Å²) in [7, 11) is 0. The second-order valence-corrected chi connectivity index (χ2v) is 2.68. The third kappa shape index (κ3) is 0.863. The Morgan fingerprint density at radius 1 is 1.50 bits per heavy atom. The molecule has 1 aromatic carbocycles. The lowest BCUT2D eigenvalue weighted by Gasteiger charge is -1.93. The molecule has 0 aliphatic heterocycles. The number of aromatic amines is 1. The van der Waals surface area contributed by atoms with Crippen molar-refractivity contribution >= 4 is 11.0 Å². The molecule has 0 aliphatic rings. The van der Waals surface area contributed by atoms with E-state index in [1.165, 1.54) is 0 Å². The van der Waals surface area contributed by atoms with Gasteiger partial charge in [-0.1, -0.05) is 19.1 Å². The van der Waals surface area contributed by atoms with Gasteiger partial charge in [0.2, 0.25) is 0 Å². The van der Waals surface area contributed by atoms with Crippen molar-refractivity contribution < 1.29 is 4.52 Å². The molecule has 2 aromatic rings. The number of hydrogen-bond acceptors (Lipinski definition) is 2. The van der Waals surface area contributed by atoms with E-state index >= 15 is 0 Å². The van der Waals surface area contributed by atoms with Crippen molar-refractivity contribution in [3.05, 3.63) is 34.1 Å². The molecule has 12 heavy (non-hydrogen) atoms. The Hall–Kier alpha value is -1.51. The number of H-pyrrole nitrogens is 1. The van der Waals surface area contributed by atoms with E-state index < -0.39 is 0 Å². The van der Waals surface area contributed by atoms with E-state index in [0.717, 1.165) is 12.0 Å². The van der Waals surface area contributed by atoms with E-state index in [1.54, 1.807) is 6.07 Å². The minimum absolute atomic E-state index is 0.137. The molecule has 2 rings (SSSR count). The number of aryl methyl sites for hydroxylation is 1. The second-order valence-electron chi connectivity index (χ2n) is 2.68. The van der Waals surface area contributed by atoms with Gasteiger partial charge in [0.1, 0.15) is 0 Å². The molecule has 1 heterocycles. The van der Waals surface area contributed by atoms with Crippen LogP contribution in [-0.2, 0) is 6.42 Å². The van der Waals surface area contributed by atoms with Crippen molar-refractivity contribution in [2.75, 3.05) is 0 Å². The molecular formula is C9H9NO2. The van der Waals surface area contributed by atoms with Crippen LogP contribution < -0.4 is 5.56 Å². The maximum absolute atomic E-state index is 11.2. The first-order valence-electron chi connectivity index (χ1n) is 3.92. The van der Waals surface area contributed by atoms with E-state index in [2.05, 4.69) is 5.16 Å². The van der Waals surface area contributed by atoms with E-state index in [4.69, 9.17) is 4.52 Å². The number of rotatable bonds is 1. The molecule has 3 heteroatoms. The average molecular weight is 163 g/mol. The fourth-order valence-electron chi connectivity index (χ4n) is 1.37. The smallest absolute Gasteiger partial charge is 0.288 e. The van der Waals surface area contributed by atoms with Gasteiger partial charge in [-0.2, -0.15) is 5.16 Å². The van der Waals surface area contributed by atoms with E-state index in [9.17, 15) is 4.79 Å². The first-order chi connectivity index (χ1) is 5.83. The Morgan fingerprint density at radius 3 is 3.08 bits per heavy atom. The summed E-state index contributed by atoms with van der Waals surface area (Å²) in [5.74, 6) is 0. The number of hydrogen-bond donors (Lipinski definition) is 1. The molecule has 1 aromatic heterocycles. The van der Waals surface area contributed by atoms with Crippen molar-refractivity contribution in [2.45, 2.75) is 13.3 Å². The summed E-state index contributed by atoms with van der Waals surface area (Å²) in [5.41, 5.74) is 1.53. The van der Waals surface area contributed by atoms with Crippen molar-refractivity contribution in [3.63, 3.8) is 0 Å². The van der Waals surface area contributed by atoms with Crippen molar-refractivity contribution in [1.29, 1.82) is 0 Å². The second kappa shape index (κ2) is 2.52. The minimum atomic E-state index is -0.137. The summed E-state index contributed by atoms with van der Waals surface area (Å²) in [6.45, 7) is 2.02. The molecule has 1 N–H and O–H groups in total. The summed E-state index contributed by atoms with van der Waals surface area (Å²) in [4.78, 5) is 11.2. The highest BCUT2D eigenvalue weighted by Gasteiger charge is 2.05. The standard InChI is InChI=1S/C9H9NO2/c1-2-6-4-3-5-7-8(6)9(11)10-12-7/h3-5H,2H2,1H3,(H,10,11). The molecule has 0 unspecified atom stereocenters.